The predicted molar refractivity (Wildman–Crippen MR) is 97.2 cm³/mol. The van der Waals surface area contributed by atoms with Gasteiger partial charge in [0.05, 0.1) is 11.1 Å². The molecule has 0 bridgehead atoms. The number of benzene rings is 2. The summed E-state index contributed by atoms with van der Waals surface area (Å²) in [5.41, 5.74) is 2.18. The molecule has 2 aromatic rings. The summed E-state index contributed by atoms with van der Waals surface area (Å²) in [7, 11) is 0. The number of anilines is 1. The molecule has 3 amide bonds. The van der Waals surface area contributed by atoms with Crippen LogP contribution in [0.3, 0.4) is 0 Å². The molecular formula is C20H18N2O5. The molecule has 3 rings (SSSR count). The van der Waals surface area contributed by atoms with E-state index in [0.717, 1.165) is 16.9 Å². The Kier molecular flexibility index (Phi) is 5.30. The Morgan fingerprint density at radius 1 is 1.00 bits per heavy atom. The molecule has 1 heterocycles. The second-order valence-electron chi connectivity index (χ2n) is 6.00. The number of esters is 1. The lowest BCUT2D eigenvalue weighted by molar-refractivity contribution is -0.147. The summed E-state index contributed by atoms with van der Waals surface area (Å²) < 4.78 is 4.89. The van der Waals surface area contributed by atoms with Crippen LogP contribution in [0.15, 0.2) is 48.5 Å². The van der Waals surface area contributed by atoms with E-state index in [1.54, 1.807) is 18.2 Å². The van der Waals surface area contributed by atoms with Crippen LogP contribution in [0.4, 0.5) is 5.69 Å². The third-order valence-electron chi connectivity index (χ3n) is 4.15. The average Bonchev–Trinajstić information content (AvgIpc) is 2.92. The summed E-state index contributed by atoms with van der Waals surface area (Å²) in [5.74, 6) is -2.43. The highest BCUT2D eigenvalue weighted by Crippen LogP contribution is 2.22. The molecule has 27 heavy (non-hydrogen) atoms. The van der Waals surface area contributed by atoms with Crippen LogP contribution < -0.4 is 5.32 Å². The Bertz CT molecular complexity index is 887. The normalized spacial score (nSPS) is 12.7. The average molecular weight is 366 g/mol. The molecule has 0 aliphatic carbocycles. The smallest absolute Gasteiger partial charge is 0.326 e. The van der Waals surface area contributed by atoms with Gasteiger partial charge in [-0.05, 0) is 36.2 Å². The van der Waals surface area contributed by atoms with Crippen LogP contribution in [-0.2, 0) is 20.7 Å². The van der Waals surface area contributed by atoms with Crippen LogP contribution >= 0.6 is 0 Å². The van der Waals surface area contributed by atoms with Gasteiger partial charge in [-0.3, -0.25) is 24.1 Å². The fraction of sp³-hybridized carbons (Fsp3) is 0.200. The van der Waals surface area contributed by atoms with Gasteiger partial charge in [-0.2, -0.15) is 0 Å². The maximum Gasteiger partial charge on any atom is 0.326 e. The third kappa shape index (κ3) is 4.03. The fourth-order valence-corrected chi connectivity index (χ4v) is 2.77. The monoisotopic (exact) mass is 366 g/mol. The molecule has 0 fully saturated rings. The van der Waals surface area contributed by atoms with E-state index in [4.69, 9.17) is 4.74 Å². The number of fused-ring (bicyclic) bond motifs is 1. The first kappa shape index (κ1) is 18.3. The molecule has 1 aliphatic heterocycles. The quantitative estimate of drug-likeness (QED) is 0.624. The van der Waals surface area contributed by atoms with E-state index in [1.807, 2.05) is 25.1 Å². The zero-order valence-corrected chi connectivity index (χ0v) is 14.7. The summed E-state index contributed by atoms with van der Waals surface area (Å²) in [6.07, 6.45) is 0.832. The van der Waals surface area contributed by atoms with Gasteiger partial charge in [-0.25, -0.2) is 0 Å². The second-order valence-corrected chi connectivity index (χ2v) is 6.00. The van der Waals surface area contributed by atoms with E-state index >= 15 is 0 Å². The molecule has 0 unspecified atom stereocenters. The van der Waals surface area contributed by atoms with Crippen molar-refractivity contribution in [3.05, 3.63) is 65.2 Å². The van der Waals surface area contributed by atoms with E-state index in [-0.39, 0.29) is 11.1 Å². The van der Waals surface area contributed by atoms with Crippen LogP contribution in [-0.4, -0.2) is 41.7 Å². The zero-order valence-electron chi connectivity index (χ0n) is 14.7. The van der Waals surface area contributed by atoms with Crippen molar-refractivity contribution in [2.45, 2.75) is 13.3 Å². The highest BCUT2D eigenvalue weighted by Gasteiger charge is 2.36. The number of nitrogens with one attached hydrogen (secondary N) is 1. The van der Waals surface area contributed by atoms with Gasteiger partial charge in [-0.15, -0.1) is 0 Å². The van der Waals surface area contributed by atoms with E-state index in [9.17, 15) is 19.2 Å². The first-order valence-corrected chi connectivity index (χ1v) is 8.49. The van der Waals surface area contributed by atoms with Crippen molar-refractivity contribution in [2.24, 2.45) is 0 Å². The van der Waals surface area contributed by atoms with Gasteiger partial charge in [-0.1, -0.05) is 31.2 Å². The summed E-state index contributed by atoms with van der Waals surface area (Å²) in [6.45, 7) is 0.964. The van der Waals surface area contributed by atoms with Crippen molar-refractivity contribution in [3.8, 4) is 0 Å². The van der Waals surface area contributed by atoms with Crippen molar-refractivity contribution in [2.75, 3.05) is 18.5 Å². The van der Waals surface area contributed by atoms with Crippen molar-refractivity contribution >= 4 is 29.4 Å². The van der Waals surface area contributed by atoms with Gasteiger partial charge in [0.15, 0.2) is 6.61 Å². The molecule has 7 nitrogen and oxygen atoms in total. The molecule has 138 valence electrons. The summed E-state index contributed by atoms with van der Waals surface area (Å²) in [4.78, 5) is 49.1. The lowest BCUT2D eigenvalue weighted by Crippen LogP contribution is -2.36. The first-order valence-electron chi connectivity index (χ1n) is 8.49. The first-order chi connectivity index (χ1) is 13.0. The SMILES string of the molecule is CCc1cccc(NC(=O)COC(=O)CN2C(=O)c3ccccc3C2=O)c1. The van der Waals surface area contributed by atoms with Crippen molar-refractivity contribution in [1.82, 2.24) is 4.90 Å². The number of ether oxygens (including phenoxy) is 1. The highest BCUT2D eigenvalue weighted by molar-refractivity contribution is 6.22. The van der Waals surface area contributed by atoms with Crippen molar-refractivity contribution in [1.29, 1.82) is 0 Å². The molecule has 0 radical (unpaired) electrons. The Hall–Kier alpha value is -3.48. The molecule has 1 aliphatic rings. The minimum atomic E-state index is -0.832. The number of hydrogen-bond donors (Lipinski definition) is 1. The summed E-state index contributed by atoms with van der Waals surface area (Å²) in [6, 6.07) is 13.7. The van der Waals surface area contributed by atoms with Gasteiger partial charge >= 0.3 is 5.97 Å². The largest absolute Gasteiger partial charge is 0.454 e. The maximum atomic E-state index is 12.2. The Balaban J connectivity index is 1.52. The number of rotatable bonds is 6. The number of imide groups is 1. The lowest BCUT2D eigenvalue weighted by atomic mass is 10.1. The minimum absolute atomic E-state index is 0.254. The molecule has 0 spiro atoms. The van der Waals surface area contributed by atoms with E-state index < -0.39 is 36.8 Å². The maximum absolute atomic E-state index is 12.2. The lowest BCUT2D eigenvalue weighted by Gasteiger charge is -2.13. The number of carbonyl (C=O) groups is 4. The minimum Gasteiger partial charge on any atom is -0.454 e. The Morgan fingerprint density at radius 2 is 1.67 bits per heavy atom. The van der Waals surface area contributed by atoms with Gasteiger partial charge in [0.25, 0.3) is 17.7 Å². The number of carbonyl (C=O) groups excluding carboxylic acids is 4. The molecule has 0 saturated carbocycles. The van der Waals surface area contributed by atoms with Gasteiger partial charge < -0.3 is 10.1 Å². The van der Waals surface area contributed by atoms with Crippen LogP contribution in [0.1, 0.15) is 33.2 Å². The Morgan fingerprint density at radius 3 is 2.30 bits per heavy atom. The van der Waals surface area contributed by atoms with E-state index in [1.165, 1.54) is 12.1 Å². The predicted octanol–water partition coefficient (Wildman–Crippen LogP) is 2.03. The topological polar surface area (TPSA) is 92.8 Å². The van der Waals surface area contributed by atoms with Gasteiger partial charge in [0, 0.05) is 5.69 Å². The molecule has 0 aromatic heterocycles. The number of nitrogens with zero attached hydrogens (tertiary/aromatic N) is 1. The second kappa shape index (κ2) is 7.82. The number of amides is 3. The van der Waals surface area contributed by atoms with Crippen LogP contribution in [0.25, 0.3) is 0 Å². The van der Waals surface area contributed by atoms with Gasteiger partial charge in [0.1, 0.15) is 6.54 Å². The molecule has 0 saturated heterocycles. The molecule has 2 aromatic carbocycles. The number of aryl methyl sites for hydroxylation is 1. The summed E-state index contributed by atoms with van der Waals surface area (Å²) in [5, 5.41) is 2.63. The third-order valence-corrected chi connectivity index (χ3v) is 4.15. The van der Waals surface area contributed by atoms with Crippen LogP contribution in [0, 0.1) is 0 Å². The zero-order chi connectivity index (χ0) is 19.4. The molecule has 7 heteroatoms. The van der Waals surface area contributed by atoms with Crippen LogP contribution in [0.5, 0.6) is 0 Å². The Labute approximate surface area is 155 Å². The standard InChI is InChI=1S/C20H18N2O5/c1-2-13-6-5-7-14(10-13)21-17(23)12-27-18(24)11-22-19(25)15-8-3-4-9-16(15)20(22)26/h3-10H,2,11-12H2,1H3,(H,21,23). The number of hydrogen-bond acceptors (Lipinski definition) is 5. The molecular weight excluding hydrogens is 348 g/mol. The fourth-order valence-electron chi connectivity index (χ4n) is 2.77. The van der Waals surface area contributed by atoms with Crippen molar-refractivity contribution < 1.29 is 23.9 Å². The van der Waals surface area contributed by atoms with Gasteiger partial charge in [0.2, 0.25) is 0 Å². The highest BCUT2D eigenvalue weighted by atomic mass is 16.5. The molecule has 0 atom stereocenters. The van der Waals surface area contributed by atoms with Crippen molar-refractivity contribution in [3.63, 3.8) is 0 Å². The summed E-state index contributed by atoms with van der Waals surface area (Å²) >= 11 is 0. The van der Waals surface area contributed by atoms with E-state index in [2.05, 4.69) is 5.32 Å². The molecule has 1 N–H and O–H groups in total. The van der Waals surface area contributed by atoms with E-state index in [0.29, 0.717) is 5.69 Å². The van der Waals surface area contributed by atoms with Crippen LogP contribution in [0.2, 0.25) is 0 Å².